The summed E-state index contributed by atoms with van der Waals surface area (Å²) in [5, 5.41) is 0. The number of rotatable bonds is 7. The maximum atomic E-state index is 12.5. The Kier molecular flexibility index (Phi) is 6.39. The van der Waals surface area contributed by atoms with Crippen molar-refractivity contribution in [1.82, 2.24) is 4.72 Å². The number of nitrogens with one attached hydrogen (secondary N) is 1. The van der Waals surface area contributed by atoms with Gasteiger partial charge in [0.2, 0.25) is 10.0 Å². The van der Waals surface area contributed by atoms with Crippen LogP contribution in [0.4, 0.5) is 5.69 Å². The highest BCUT2D eigenvalue weighted by Gasteiger charge is 2.17. The van der Waals surface area contributed by atoms with Gasteiger partial charge in [-0.3, -0.25) is 0 Å². The van der Waals surface area contributed by atoms with E-state index in [0.29, 0.717) is 12.4 Å². The second kappa shape index (κ2) is 8.76. The molecule has 0 saturated carbocycles. The van der Waals surface area contributed by atoms with Crippen molar-refractivity contribution in [2.24, 2.45) is 5.92 Å². The molecule has 1 unspecified atom stereocenters. The smallest absolute Gasteiger partial charge is 0.240 e. The van der Waals surface area contributed by atoms with Crippen LogP contribution in [0, 0.1) is 5.92 Å². The van der Waals surface area contributed by atoms with Crippen molar-refractivity contribution in [3.63, 3.8) is 0 Å². The van der Waals surface area contributed by atoms with Crippen LogP contribution in [0.25, 0.3) is 0 Å². The SMILES string of the molecule is CCOc1ccc(S(=O)(=O)NCc2ccc(N3CCCC(C)C3)cc2)cc1. The molecule has 2 aromatic carbocycles. The van der Waals surface area contributed by atoms with E-state index >= 15 is 0 Å². The first-order valence-corrected chi connectivity index (χ1v) is 11.0. The molecule has 5 nitrogen and oxygen atoms in total. The number of ether oxygens (including phenoxy) is 1. The summed E-state index contributed by atoms with van der Waals surface area (Å²) in [6.45, 7) is 7.18. The van der Waals surface area contributed by atoms with Crippen molar-refractivity contribution in [2.75, 3.05) is 24.6 Å². The van der Waals surface area contributed by atoms with Crippen molar-refractivity contribution < 1.29 is 13.2 Å². The van der Waals surface area contributed by atoms with Crippen molar-refractivity contribution in [2.45, 2.75) is 38.1 Å². The molecule has 1 heterocycles. The average Bonchev–Trinajstić information content (AvgIpc) is 2.68. The van der Waals surface area contributed by atoms with Crippen molar-refractivity contribution in [1.29, 1.82) is 0 Å². The van der Waals surface area contributed by atoms with Gasteiger partial charge in [-0.15, -0.1) is 0 Å². The Hall–Kier alpha value is -2.05. The third kappa shape index (κ3) is 5.23. The van der Waals surface area contributed by atoms with E-state index in [1.165, 1.54) is 18.5 Å². The lowest BCUT2D eigenvalue weighted by atomic mass is 9.99. The molecule has 0 spiro atoms. The molecule has 146 valence electrons. The van der Waals surface area contributed by atoms with E-state index < -0.39 is 10.0 Å². The Bertz CT molecular complexity index is 833. The number of nitrogens with zero attached hydrogens (tertiary/aromatic N) is 1. The summed E-state index contributed by atoms with van der Waals surface area (Å²) < 4.78 is 32.9. The van der Waals surface area contributed by atoms with Crippen LogP contribution in [0.5, 0.6) is 5.75 Å². The van der Waals surface area contributed by atoms with Crippen molar-refractivity contribution >= 4 is 15.7 Å². The van der Waals surface area contributed by atoms with E-state index in [0.717, 1.165) is 24.6 Å². The molecule has 1 atom stereocenters. The number of benzene rings is 2. The number of hydrogen-bond acceptors (Lipinski definition) is 4. The Morgan fingerprint density at radius 1 is 1.11 bits per heavy atom. The highest BCUT2D eigenvalue weighted by Crippen LogP contribution is 2.23. The molecular weight excluding hydrogens is 360 g/mol. The monoisotopic (exact) mass is 388 g/mol. The molecule has 1 N–H and O–H groups in total. The lowest BCUT2D eigenvalue weighted by Gasteiger charge is -2.32. The number of anilines is 1. The van der Waals surface area contributed by atoms with E-state index in [1.54, 1.807) is 24.3 Å². The molecule has 3 rings (SSSR count). The number of piperidine rings is 1. The minimum absolute atomic E-state index is 0.241. The van der Waals surface area contributed by atoms with Gasteiger partial charge in [-0.25, -0.2) is 13.1 Å². The molecule has 1 saturated heterocycles. The number of hydrogen-bond donors (Lipinski definition) is 1. The molecule has 0 bridgehead atoms. The average molecular weight is 389 g/mol. The normalized spacial score (nSPS) is 17.7. The Morgan fingerprint density at radius 2 is 1.81 bits per heavy atom. The van der Waals surface area contributed by atoms with Crippen LogP contribution in [0.15, 0.2) is 53.4 Å². The molecule has 0 aromatic heterocycles. The van der Waals surface area contributed by atoms with Gasteiger partial charge in [0.1, 0.15) is 5.75 Å². The molecule has 0 amide bonds. The van der Waals surface area contributed by atoms with Gasteiger partial charge in [0, 0.05) is 25.3 Å². The molecule has 2 aromatic rings. The van der Waals surface area contributed by atoms with E-state index in [1.807, 2.05) is 19.1 Å². The zero-order chi connectivity index (χ0) is 19.3. The highest BCUT2D eigenvalue weighted by molar-refractivity contribution is 7.89. The van der Waals surface area contributed by atoms with Gasteiger partial charge < -0.3 is 9.64 Å². The zero-order valence-electron chi connectivity index (χ0n) is 16.0. The van der Waals surface area contributed by atoms with Crippen molar-refractivity contribution in [3.8, 4) is 5.75 Å². The van der Waals surface area contributed by atoms with Gasteiger partial charge in [0.15, 0.2) is 0 Å². The fourth-order valence-corrected chi connectivity index (χ4v) is 4.41. The molecule has 1 aliphatic heterocycles. The fraction of sp³-hybridized carbons (Fsp3) is 0.429. The van der Waals surface area contributed by atoms with Crippen LogP contribution in [0.1, 0.15) is 32.3 Å². The van der Waals surface area contributed by atoms with Gasteiger partial charge in [-0.05, 0) is 67.6 Å². The standard InChI is InChI=1S/C21H28N2O3S/c1-3-26-20-10-12-21(13-11-20)27(24,25)22-15-18-6-8-19(9-7-18)23-14-4-5-17(2)16-23/h6-13,17,22H,3-5,14-16H2,1-2H3. The van der Waals surface area contributed by atoms with Crippen LogP contribution in [-0.4, -0.2) is 28.1 Å². The Balaban J connectivity index is 1.60. The first-order valence-electron chi connectivity index (χ1n) is 9.54. The van der Waals surface area contributed by atoms with Crippen LogP contribution < -0.4 is 14.4 Å². The molecule has 1 aliphatic rings. The molecular formula is C21H28N2O3S. The van der Waals surface area contributed by atoms with E-state index in [9.17, 15) is 8.42 Å². The van der Waals surface area contributed by atoms with Crippen molar-refractivity contribution in [3.05, 3.63) is 54.1 Å². The zero-order valence-corrected chi connectivity index (χ0v) is 16.8. The van der Waals surface area contributed by atoms with Gasteiger partial charge in [0.05, 0.1) is 11.5 Å². The molecule has 0 aliphatic carbocycles. The van der Waals surface area contributed by atoms with E-state index in [2.05, 4.69) is 28.7 Å². The fourth-order valence-electron chi connectivity index (χ4n) is 3.39. The summed E-state index contributed by atoms with van der Waals surface area (Å²) in [5.41, 5.74) is 2.15. The summed E-state index contributed by atoms with van der Waals surface area (Å²) in [5.74, 6) is 1.39. The lowest BCUT2D eigenvalue weighted by molar-refractivity contribution is 0.340. The Labute approximate surface area is 162 Å². The first kappa shape index (κ1) is 19.7. The molecule has 0 radical (unpaired) electrons. The van der Waals surface area contributed by atoms with Crippen LogP contribution in [0.3, 0.4) is 0 Å². The summed E-state index contributed by atoms with van der Waals surface area (Å²) in [7, 11) is -3.54. The minimum atomic E-state index is -3.54. The number of sulfonamides is 1. The minimum Gasteiger partial charge on any atom is -0.494 e. The summed E-state index contributed by atoms with van der Waals surface area (Å²) in [6.07, 6.45) is 2.52. The highest BCUT2D eigenvalue weighted by atomic mass is 32.2. The van der Waals surface area contributed by atoms with Crippen LogP contribution in [-0.2, 0) is 16.6 Å². The second-order valence-electron chi connectivity index (χ2n) is 7.09. The first-order chi connectivity index (χ1) is 13.0. The third-order valence-electron chi connectivity index (χ3n) is 4.87. The summed E-state index contributed by atoms with van der Waals surface area (Å²) in [4.78, 5) is 2.65. The second-order valence-corrected chi connectivity index (χ2v) is 8.86. The predicted octanol–water partition coefficient (Wildman–Crippen LogP) is 3.80. The third-order valence-corrected chi connectivity index (χ3v) is 6.29. The van der Waals surface area contributed by atoms with Gasteiger partial charge >= 0.3 is 0 Å². The van der Waals surface area contributed by atoms with Crippen LogP contribution >= 0.6 is 0 Å². The quantitative estimate of drug-likeness (QED) is 0.784. The van der Waals surface area contributed by atoms with Gasteiger partial charge in [-0.1, -0.05) is 19.1 Å². The predicted molar refractivity (Wildman–Crippen MR) is 109 cm³/mol. The Morgan fingerprint density at radius 3 is 2.44 bits per heavy atom. The molecule has 27 heavy (non-hydrogen) atoms. The lowest BCUT2D eigenvalue weighted by Crippen LogP contribution is -2.34. The van der Waals surface area contributed by atoms with Crippen LogP contribution in [0.2, 0.25) is 0 Å². The topological polar surface area (TPSA) is 58.6 Å². The maximum absolute atomic E-state index is 12.5. The maximum Gasteiger partial charge on any atom is 0.240 e. The van der Waals surface area contributed by atoms with Gasteiger partial charge in [0.25, 0.3) is 0 Å². The van der Waals surface area contributed by atoms with Gasteiger partial charge in [-0.2, -0.15) is 0 Å². The summed E-state index contributed by atoms with van der Waals surface area (Å²) >= 11 is 0. The van der Waals surface area contributed by atoms with E-state index in [-0.39, 0.29) is 11.4 Å². The van der Waals surface area contributed by atoms with E-state index in [4.69, 9.17) is 4.74 Å². The summed E-state index contributed by atoms with van der Waals surface area (Å²) in [6, 6.07) is 14.6. The molecule has 6 heteroatoms. The molecule has 1 fully saturated rings. The largest absolute Gasteiger partial charge is 0.494 e.